The Morgan fingerprint density at radius 3 is 1.39 bits per heavy atom. The van der Waals surface area contributed by atoms with Gasteiger partial charge in [0.05, 0.1) is 11.4 Å². The van der Waals surface area contributed by atoms with Crippen LogP contribution < -0.4 is 9.80 Å². The van der Waals surface area contributed by atoms with E-state index in [2.05, 4.69) is 240 Å². The van der Waals surface area contributed by atoms with Gasteiger partial charge in [0.15, 0.2) is 0 Å². The molecule has 0 atom stereocenters. The average Bonchev–Trinajstić information content (AvgIpc) is 3.72. The quantitative estimate of drug-likeness (QED) is 0.148. The summed E-state index contributed by atoms with van der Waals surface area (Å²) in [6.45, 7) is 0. The summed E-state index contributed by atoms with van der Waals surface area (Å²) in [6, 6.07) is 84.0. The number of hydrogen-bond donors (Lipinski definition) is 0. The van der Waals surface area contributed by atoms with Crippen molar-refractivity contribution in [1.29, 1.82) is 0 Å². The second-order valence-corrected chi connectivity index (χ2v) is 16.7. The standard InChI is InChI=1S/C58H38N2S/c1-3-19-43(20-4-1)59(54-27-13-17-40-15-7-9-23-47(40)54)45-32-29-39(30-33-45)42-31-35-52-56(37-42)61-58-51-36-34-46(38-53(51)49-25-11-12-26-50(49)57(52)58)60(44-21-5-2-6-22-44)55-28-14-18-41-16-8-10-24-48(41)55/h1-38H. The molecule has 0 unspecified atom stereocenters. The molecule has 0 saturated carbocycles. The fourth-order valence-corrected chi connectivity index (χ4v) is 10.7. The first-order chi connectivity index (χ1) is 30.3. The SMILES string of the molecule is c1ccc(N(c2ccc(-c3ccc4c(c3)sc3c5ccc(N(c6ccccc6)c6cccc7ccccc67)cc5c5ccccc5c43)cc2)c2cccc3ccccc23)cc1. The molecule has 0 N–H and O–H groups in total. The van der Waals surface area contributed by atoms with E-state index in [9.17, 15) is 0 Å². The third-order valence-electron chi connectivity index (χ3n) is 12.2. The van der Waals surface area contributed by atoms with Crippen molar-refractivity contribution in [1.82, 2.24) is 0 Å². The van der Waals surface area contributed by atoms with Crippen LogP contribution in [0.25, 0.3) is 74.4 Å². The van der Waals surface area contributed by atoms with Crippen LogP contribution in [-0.2, 0) is 0 Å². The molecule has 12 rings (SSSR count). The predicted molar refractivity (Wildman–Crippen MR) is 264 cm³/mol. The lowest BCUT2D eigenvalue weighted by atomic mass is 9.95. The lowest BCUT2D eigenvalue weighted by molar-refractivity contribution is 1.30. The van der Waals surface area contributed by atoms with Crippen LogP contribution >= 0.6 is 11.3 Å². The Hall–Kier alpha value is -7.72. The predicted octanol–water partition coefficient (Wildman–Crippen LogP) is 17.3. The van der Waals surface area contributed by atoms with E-state index in [-0.39, 0.29) is 0 Å². The number of thiophene rings is 1. The largest absolute Gasteiger partial charge is 0.310 e. The first-order valence-electron chi connectivity index (χ1n) is 20.8. The second kappa shape index (κ2) is 14.5. The summed E-state index contributed by atoms with van der Waals surface area (Å²) >= 11 is 1.91. The summed E-state index contributed by atoms with van der Waals surface area (Å²) in [5, 5.41) is 12.6. The van der Waals surface area contributed by atoms with Crippen molar-refractivity contribution in [2.75, 3.05) is 9.80 Å². The fourth-order valence-electron chi connectivity index (χ4n) is 9.38. The van der Waals surface area contributed by atoms with Gasteiger partial charge in [0.1, 0.15) is 0 Å². The van der Waals surface area contributed by atoms with Gasteiger partial charge in [0.25, 0.3) is 0 Å². The van der Waals surface area contributed by atoms with Gasteiger partial charge >= 0.3 is 0 Å². The minimum Gasteiger partial charge on any atom is -0.310 e. The number of hydrogen-bond acceptors (Lipinski definition) is 3. The topological polar surface area (TPSA) is 6.48 Å². The van der Waals surface area contributed by atoms with Crippen LogP contribution in [0, 0.1) is 0 Å². The van der Waals surface area contributed by atoms with Gasteiger partial charge in [-0.2, -0.15) is 0 Å². The van der Waals surface area contributed by atoms with E-state index in [0.717, 1.165) is 34.1 Å². The highest BCUT2D eigenvalue weighted by molar-refractivity contribution is 7.27. The number of para-hydroxylation sites is 2. The van der Waals surface area contributed by atoms with Gasteiger partial charge in [-0.1, -0.05) is 164 Å². The minimum atomic E-state index is 1.12. The molecule has 0 spiro atoms. The van der Waals surface area contributed by atoms with Crippen LogP contribution in [0.5, 0.6) is 0 Å². The highest BCUT2D eigenvalue weighted by Crippen LogP contribution is 2.48. The maximum atomic E-state index is 2.41. The third kappa shape index (κ3) is 5.93. The summed E-state index contributed by atoms with van der Waals surface area (Å²) in [6.07, 6.45) is 0. The minimum absolute atomic E-state index is 1.12. The second-order valence-electron chi connectivity index (χ2n) is 15.7. The number of benzene rings is 11. The third-order valence-corrected chi connectivity index (χ3v) is 13.4. The Morgan fingerprint density at radius 1 is 0.279 bits per heavy atom. The normalized spacial score (nSPS) is 11.6. The van der Waals surface area contributed by atoms with Crippen LogP contribution in [0.15, 0.2) is 231 Å². The van der Waals surface area contributed by atoms with Crippen molar-refractivity contribution in [3.8, 4) is 11.1 Å². The smallest absolute Gasteiger partial charge is 0.0540 e. The highest BCUT2D eigenvalue weighted by atomic mass is 32.1. The van der Waals surface area contributed by atoms with Gasteiger partial charge in [-0.3, -0.25) is 0 Å². The zero-order valence-corrected chi connectivity index (χ0v) is 34.1. The van der Waals surface area contributed by atoms with Gasteiger partial charge in [-0.05, 0) is 105 Å². The zero-order chi connectivity index (χ0) is 40.3. The Balaban J connectivity index is 0.981. The van der Waals surface area contributed by atoms with Crippen molar-refractivity contribution in [3.63, 3.8) is 0 Å². The molecule has 1 aromatic heterocycles. The number of rotatable bonds is 7. The zero-order valence-electron chi connectivity index (χ0n) is 33.2. The summed E-state index contributed by atoms with van der Waals surface area (Å²) in [4.78, 5) is 4.77. The Labute approximate surface area is 358 Å². The molecule has 0 amide bonds. The van der Waals surface area contributed by atoms with E-state index < -0.39 is 0 Å². The van der Waals surface area contributed by atoms with Crippen molar-refractivity contribution >= 4 is 109 Å². The summed E-state index contributed by atoms with van der Waals surface area (Å²) in [7, 11) is 0. The molecule has 2 nitrogen and oxygen atoms in total. The average molecular weight is 795 g/mol. The number of fused-ring (bicyclic) bond motifs is 10. The first-order valence-corrected chi connectivity index (χ1v) is 21.7. The van der Waals surface area contributed by atoms with Crippen LogP contribution in [0.1, 0.15) is 0 Å². The molecule has 0 aliphatic rings. The molecule has 61 heavy (non-hydrogen) atoms. The summed E-state index contributed by atoms with van der Waals surface area (Å²) < 4.78 is 2.62. The fraction of sp³-hybridized carbons (Fsp3) is 0. The molecule has 0 fully saturated rings. The molecule has 3 heteroatoms. The van der Waals surface area contributed by atoms with E-state index in [1.807, 2.05) is 11.3 Å². The maximum absolute atomic E-state index is 2.41. The summed E-state index contributed by atoms with van der Waals surface area (Å²) in [5.41, 5.74) is 9.26. The molecule has 286 valence electrons. The van der Waals surface area contributed by atoms with E-state index in [4.69, 9.17) is 0 Å². The molecular formula is C58H38N2S. The molecule has 12 aromatic rings. The van der Waals surface area contributed by atoms with Crippen molar-refractivity contribution in [2.45, 2.75) is 0 Å². The van der Waals surface area contributed by atoms with E-state index >= 15 is 0 Å². The molecular weight excluding hydrogens is 757 g/mol. The molecule has 11 aromatic carbocycles. The lowest BCUT2D eigenvalue weighted by Crippen LogP contribution is -2.10. The van der Waals surface area contributed by atoms with Gasteiger partial charge in [-0.15, -0.1) is 11.3 Å². The molecule has 1 heterocycles. The maximum Gasteiger partial charge on any atom is 0.0540 e. The van der Waals surface area contributed by atoms with E-state index in [1.54, 1.807) is 0 Å². The van der Waals surface area contributed by atoms with Gasteiger partial charge in [0, 0.05) is 59.1 Å². The van der Waals surface area contributed by atoms with Crippen LogP contribution in [0.2, 0.25) is 0 Å². The molecule has 0 bridgehead atoms. The van der Waals surface area contributed by atoms with Crippen molar-refractivity contribution in [3.05, 3.63) is 231 Å². The Morgan fingerprint density at radius 2 is 0.754 bits per heavy atom. The van der Waals surface area contributed by atoms with Crippen molar-refractivity contribution in [2.24, 2.45) is 0 Å². The Bertz CT molecular complexity index is 3580. The summed E-state index contributed by atoms with van der Waals surface area (Å²) in [5.74, 6) is 0. The van der Waals surface area contributed by atoms with Crippen LogP contribution in [-0.4, -0.2) is 0 Å². The van der Waals surface area contributed by atoms with Gasteiger partial charge in [0.2, 0.25) is 0 Å². The first kappa shape index (κ1) is 35.2. The monoisotopic (exact) mass is 794 g/mol. The molecule has 0 aliphatic heterocycles. The molecule has 0 aliphatic carbocycles. The van der Waals surface area contributed by atoms with Crippen LogP contribution in [0.3, 0.4) is 0 Å². The van der Waals surface area contributed by atoms with E-state index in [1.165, 1.54) is 74.4 Å². The number of nitrogens with zero attached hydrogens (tertiary/aromatic N) is 2. The van der Waals surface area contributed by atoms with Crippen LogP contribution in [0.4, 0.5) is 34.1 Å². The van der Waals surface area contributed by atoms with E-state index in [0.29, 0.717) is 0 Å². The lowest BCUT2D eigenvalue weighted by Gasteiger charge is -2.27. The number of anilines is 6. The van der Waals surface area contributed by atoms with Gasteiger partial charge < -0.3 is 9.80 Å². The molecule has 0 radical (unpaired) electrons. The Kier molecular flexibility index (Phi) is 8.39. The van der Waals surface area contributed by atoms with Gasteiger partial charge in [-0.25, -0.2) is 0 Å². The highest BCUT2D eigenvalue weighted by Gasteiger charge is 2.20. The molecule has 0 saturated heterocycles. The van der Waals surface area contributed by atoms with Crippen molar-refractivity contribution < 1.29 is 0 Å².